The van der Waals surface area contributed by atoms with Crippen LogP contribution in [0.2, 0.25) is 0 Å². The van der Waals surface area contributed by atoms with Crippen LogP contribution in [-0.2, 0) is 5.41 Å². The summed E-state index contributed by atoms with van der Waals surface area (Å²) in [4.78, 5) is 0. The summed E-state index contributed by atoms with van der Waals surface area (Å²) < 4.78 is 0. The molecule has 44 atom stereocenters. The zero-order valence-corrected chi connectivity index (χ0v) is 98.5. The molecule has 0 nitrogen and oxygen atoms in total. The molecule has 16 aliphatic carbocycles. The molecule has 0 saturated heterocycles. The molecule has 0 heteroatoms. The first-order chi connectivity index (χ1) is 64.9. The van der Waals surface area contributed by atoms with Gasteiger partial charge in [0.15, 0.2) is 0 Å². The van der Waals surface area contributed by atoms with E-state index in [0.29, 0.717) is 11.3 Å². The van der Waals surface area contributed by atoms with Crippen molar-refractivity contribution < 1.29 is 0 Å². The number of hydrogen-bond donors (Lipinski definition) is 0. The molecule has 12 fully saturated rings. The lowest BCUT2D eigenvalue weighted by molar-refractivity contribution is -0.150. The highest BCUT2D eigenvalue weighted by Crippen LogP contribution is 2.81. The van der Waals surface area contributed by atoms with Crippen molar-refractivity contribution >= 4 is 0 Å². The van der Waals surface area contributed by atoms with Gasteiger partial charge in [0.2, 0.25) is 0 Å². The summed E-state index contributed by atoms with van der Waals surface area (Å²) in [7, 11) is 0. The molecule has 0 radical (unpaired) electrons. The quantitative estimate of drug-likeness (QED) is 0.105. The second-order valence-corrected chi connectivity index (χ2v) is 56.0. The molecule has 0 heterocycles. The standard InChI is InChI=1S/C20H30.2C17H26.C16H30.C16H24.C14H28.C13H24.C12H22.C12H24/c1-7-8(2)16-12-5-11(15(7)16)19-13-6-14(20(12)19)18-10(4)9(3)17(13)18;1-6-12(3)16-10-13(4)14(5)17-9-11(2)7-8-15(16)17;1-6-13(3)17(5)11-12(2)14(4)15-9-7-8-10-16(15)17;1-11-5-7-15(9-13(11)3)16-8-6-12(2)14(4)10-16;1-5-11(2)16-10-12(3)13(4)14-8-6-7-9-15(14)16;1-5-11(3)13-7-9-14(10-8-13)12(4)6-2;1-6-9(2)13-7-10(3)12(5)11(4)8-13;1-7-5-8(2)12-10(4)6-9(3)11(7)12;1-5-9(2)12-7-6-10(3)11(4)8-12/h7-20H,5-6H2,1-4H3;7-9,12-14,16H,6,10H2,1-5H3;7-10,12-14H,6,11H2,1-5H3;11-16H,5-10H2,1-4H3;6-9,11-13,16H,5,10H2,1-4H3;11-14H,5-10H2,1-4H3;7,9,11-13H,6,8H2,1-5H3;7-12H,5-6H2,1-4H3;9-12H,5-8H2,1-4H3. The fraction of sp³-hybridized carbons (Fsp3) is 0.854. The lowest BCUT2D eigenvalue weighted by Crippen LogP contribution is -2.58. The van der Waals surface area contributed by atoms with E-state index in [1.165, 1.54) is 232 Å². The first-order valence-corrected chi connectivity index (χ1v) is 61.8. The number of benzene rings is 3. The highest BCUT2D eigenvalue weighted by molar-refractivity contribution is 5.42. The van der Waals surface area contributed by atoms with Crippen LogP contribution in [0.4, 0.5) is 0 Å². The van der Waals surface area contributed by atoms with Gasteiger partial charge >= 0.3 is 0 Å². The molecule has 0 aliphatic heterocycles. The van der Waals surface area contributed by atoms with Gasteiger partial charge in [0.1, 0.15) is 0 Å². The molecule has 0 N–H and O–H groups in total. The van der Waals surface area contributed by atoms with Crippen LogP contribution < -0.4 is 0 Å². The molecule has 0 amide bonds. The second-order valence-electron chi connectivity index (χ2n) is 56.0. The number of fused-ring (bicyclic) bond motifs is 19. The molecule has 44 unspecified atom stereocenters. The van der Waals surface area contributed by atoms with Gasteiger partial charge in [0, 0.05) is 0 Å². The van der Waals surface area contributed by atoms with E-state index >= 15 is 0 Å². The molecule has 0 spiro atoms. The third-order valence-corrected chi connectivity index (χ3v) is 48.8. The van der Waals surface area contributed by atoms with Crippen LogP contribution in [0.3, 0.4) is 0 Å². The Bertz CT molecular complexity index is 3890. The Hall–Kier alpha value is -2.60. The van der Waals surface area contributed by atoms with Crippen LogP contribution in [-0.4, -0.2) is 0 Å². The van der Waals surface area contributed by atoms with Crippen molar-refractivity contribution in [3.63, 3.8) is 0 Å². The van der Waals surface area contributed by atoms with E-state index in [2.05, 4.69) is 343 Å². The van der Waals surface area contributed by atoms with E-state index in [1.54, 1.807) is 51.8 Å². The van der Waals surface area contributed by atoms with Crippen LogP contribution in [0.1, 0.15) is 511 Å². The van der Waals surface area contributed by atoms with Crippen LogP contribution in [0.5, 0.6) is 0 Å². The van der Waals surface area contributed by atoms with Crippen molar-refractivity contribution in [2.24, 2.45) is 260 Å². The highest BCUT2D eigenvalue weighted by Gasteiger charge is 2.76. The molecule has 19 rings (SSSR count). The second kappa shape index (κ2) is 50.9. The number of hydrogen-bond acceptors (Lipinski definition) is 0. The van der Waals surface area contributed by atoms with Gasteiger partial charge in [-0.2, -0.15) is 0 Å². The Morgan fingerprint density at radius 2 is 0.620 bits per heavy atom. The number of rotatable bonds is 15. The highest BCUT2D eigenvalue weighted by atomic mass is 14.8. The zero-order valence-electron chi connectivity index (χ0n) is 98.5. The van der Waals surface area contributed by atoms with E-state index < -0.39 is 0 Å². The lowest BCUT2D eigenvalue weighted by Gasteiger charge is -2.62. The largest absolute Gasteiger partial charge is 0.0819 e. The summed E-state index contributed by atoms with van der Waals surface area (Å²) in [6.07, 6.45) is 43.1. The minimum absolute atomic E-state index is 0.372. The topological polar surface area (TPSA) is 0 Å². The van der Waals surface area contributed by atoms with Crippen molar-refractivity contribution in [1.82, 2.24) is 0 Å². The van der Waals surface area contributed by atoms with Gasteiger partial charge in [0.05, 0.1) is 0 Å². The zero-order chi connectivity index (χ0) is 101. The van der Waals surface area contributed by atoms with E-state index in [0.717, 1.165) is 225 Å². The van der Waals surface area contributed by atoms with Crippen LogP contribution in [0.25, 0.3) is 0 Å². The number of aryl methyl sites for hydroxylation is 1. The maximum absolute atomic E-state index is 2.57. The molecule has 12 saturated carbocycles. The Morgan fingerprint density at radius 3 is 1.01 bits per heavy atom. The average molecular weight is 1880 g/mol. The molecule has 4 bridgehead atoms. The summed E-state index contributed by atoms with van der Waals surface area (Å²) in [5.74, 6) is 48.2. The maximum Gasteiger partial charge on any atom is -0.00442 e. The smallest absolute Gasteiger partial charge is 0.00442 e. The normalized spacial score (nSPS) is 44.4. The van der Waals surface area contributed by atoms with Crippen molar-refractivity contribution in [1.29, 1.82) is 0 Å². The maximum atomic E-state index is 2.57. The molecular weight excluding hydrogens is 1650 g/mol. The minimum Gasteiger partial charge on any atom is -0.0819 e. The predicted molar refractivity (Wildman–Crippen MR) is 606 cm³/mol. The third-order valence-electron chi connectivity index (χ3n) is 48.8. The Kier molecular flexibility index (Phi) is 42.6. The van der Waals surface area contributed by atoms with Crippen LogP contribution >= 0.6 is 0 Å². The minimum atomic E-state index is 0.372. The van der Waals surface area contributed by atoms with Gasteiger partial charge in [-0.3, -0.25) is 0 Å². The molecule has 16 aliphatic rings. The lowest BCUT2D eigenvalue weighted by atomic mass is 9.43. The van der Waals surface area contributed by atoms with E-state index in [1.807, 2.05) is 0 Å². The molecule has 782 valence electrons. The monoisotopic (exact) mass is 1880 g/mol. The van der Waals surface area contributed by atoms with E-state index in [-0.39, 0.29) is 0 Å². The first kappa shape index (κ1) is 115. The fourth-order valence-corrected chi connectivity index (χ4v) is 36.1. The Balaban J connectivity index is 0.000000149. The fourth-order valence-electron chi connectivity index (χ4n) is 36.1. The predicted octanol–water partition coefficient (Wildman–Crippen LogP) is 41.9. The summed E-state index contributed by atoms with van der Waals surface area (Å²) in [5, 5.41) is 0. The van der Waals surface area contributed by atoms with Crippen molar-refractivity contribution in [3.05, 3.63) is 117 Å². The SMILES string of the molecule is CC1C(C)C2C3CC(C12)C1C2CC(C4C(C)C(C)C24)C31.CC1CC(C)C2C(C)CC(C)C12.CC1CCC(C2CCC(C)C(C)C2)CC1C.CCC(C)C1(C)CC(C)C(C)c2ccccc21.CCC(C)C1C=C(C)C(C)C(C)C1.CCC(C)C1CC(C)C(C)c2cc(C)ccc21.CCC(C)C1CC(C)C(C)c2ccccc21.CCC(C)C1CCC(C(C)CC)CC1.CCC(C)C1CCC(C)C(C)C1. The molecule has 3 aromatic rings. The Labute approximate surface area is 856 Å². The molecular formula is C137H234. The molecule has 3 aromatic carbocycles. The number of allylic oxidation sites excluding steroid dienone is 2. The van der Waals surface area contributed by atoms with Crippen molar-refractivity contribution in [2.45, 2.75) is 485 Å². The first-order valence-electron chi connectivity index (χ1n) is 61.8. The summed E-state index contributed by atoms with van der Waals surface area (Å²) in [5.41, 5.74) is 13.1. The van der Waals surface area contributed by atoms with Crippen LogP contribution in [0, 0.1) is 267 Å². The van der Waals surface area contributed by atoms with Gasteiger partial charge < -0.3 is 0 Å². The molecule has 0 aromatic heterocycles. The van der Waals surface area contributed by atoms with E-state index in [9.17, 15) is 0 Å². The molecule has 137 heavy (non-hydrogen) atoms. The van der Waals surface area contributed by atoms with Gasteiger partial charge in [-0.1, -0.05) is 404 Å². The van der Waals surface area contributed by atoms with Crippen molar-refractivity contribution in [2.75, 3.05) is 0 Å². The average Bonchev–Trinajstić information content (AvgIpc) is 1.48. The van der Waals surface area contributed by atoms with Gasteiger partial charge in [0.25, 0.3) is 0 Å². The van der Waals surface area contributed by atoms with E-state index in [4.69, 9.17) is 0 Å². The summed E-state index contributed by atoms with van der Waals surface area (Å²) >= 11 is 0. The van der Waals surface area contributed by atoms with Crippen LogP contribution in [0.15, 0.2) is 78.4 Å². The van der Waals surface area contributed by atoms with Gasteiger partial charge in [-0.15, -0.1) is 0 Å². The van der Waals surface area contributed by atoms with Gasteiger partial charge in [-0.05, 0) is 458 Å². The Morgan fingerprint density at radius 1 is 0.270 bits per heavy atom. The van der Waals surface area contributed by atoms with Gasteiger partial charge in [-0.25, -0.2) is 0 Å². The summed E-state index contributed by atoms with van der Waals surface area (Å²) in [6.45, 7) is 94.2. The van der Waals surface area contributed by atoms with Crippen molar-refractivity contribution in [3.8, 4) is 0 Å². The third kappa shape index (κ3) is 25.5. The summed E-state index contributed by atoms with van der Waals surface area (Å²) in [6, 6.07) is 25.3.